The van der Waals surface area contributed by atoms with E-state index in [0.717, 1.165) is 29.0 Å². The number of ether oxygens (including phenoxy) is 1. The number of carbonyl (C=O) groups excluding carboxylic acids is 1. The predicted octanol–water partition coefficient (Wildman–Crippen LogP) is 3.54. The first kappa shape index (κ1) is 13.2. The van der Waals surface area contributed by atoms with Crippen molar-refractivity contribution in [2.24, 2.45) is 0 Å². The Kier molecular flexibility index (Phi) is 3.33. The summed E-state index contributed by atoms with van der Waals surface area (Å²) in [6.07, 6.45) is 1.23. The lowest BCUT2D eigenvalue weighted by atomic mass is 10.0. The lowest BCUT2D eigenvalue weighted by molar-refractivity contribution is -0.116. The number of nitrogens with one attached hydrogen (secondary N) is 1. The average molecular weight is 278 g/mol. The molecule has 1 N–H and O–H groups in total. The largest absolute Gasteiger partial charge is 0.457 e. The third kappa shape index (κ3) is 2.72. The van der Waals surface area contributed by atoms with Crippen molar-refractivity contribution in [3.8, 4) is 17.6 Å². The molecule has 0 saturated carbocycles. The van der Waals surface area contributed by atoms with Gasteiger partial charge in [0, 0.05) is 12.1 Å². The first-order chi connectivity index (χ1) is 10.2. The Morgan fingerprint density at radius 1 is 1.14 bits per heavy atom. The SMILES string of the molecule is Cc1cc(Oc2ccc3c(c2)CCC(=O)N3)ccc1C#N. The van der Waals surface area contributed by atoms with E-state index in [-0.39, 0.29) is 5.91 Å². The minimum Gasteiger partial charge on any atom is -0.457 e. The van der Waals surface area contributed by atoms with Crippen LogP contribution >= 0.6 is 0 Å². The molecule has 104 valence electrons. The number of hydrogen-bond acceptors (Lipinski definition) is 3. The van der Waals surface area contributed by atoms with Crippen molar-refractivity contribution in [3.63, 3.8) is 0 Å². The fourth-order valence-corrected chi connectivity index (χ4v) is 2.38. The average Bonchev–Trinajstić information content (AvgIpc) is 2.48. The van der Waals surface area contributed by atoms with Crippen LogP contribution in [0, 0.1) is 18.3 Å². The molecule has 0 saturated heterocycles. The molecule has 0 aliphatic carbocycles. The van der Waals surface area contributed by atoms with Crippen molar-refractivity contribution < 1.29 is 9.53 Å². The molecule has 1 heterocycles. The molecule has 0 spiro atoms. The highest BCUT2D eigenvalue weighted by atomic mass is 16.5. The second kappa shape index (κ2) is 5.29. The zero-order chi connectivity index (χ0) is 14.8. The molecule has 0 atom stereocenters. The Hall–Kier alpha value is -2.80. The molecule has 0 unspecified atom stereocenters. The molecule has 1 amide bonds. The van der Waals surface area contributed by atoms with Crippen LogP contribution in [0.4, 0.5) is 5.69 Å². The van der Waals surface area contributed by atoms with Crippen LogP contribution in [0.15, 0.2) is 36.4 Å². The Balaban J connectivity index is 1.84. The van der Waals surface area contributed by atoms with E-state index >= 15 is 0 Å². The summed E-state index contributed by atoms with van der Waals surface area (Å²) in [5, 5.41) is 11.8. The lowest BCUT2D eigenvalue weighted by Gasteiger charge is -2.17. The topological polar surface area (TPSA) is 62.1 Å². The molecule has 4 nitrogen and oxygen atoms in total. The molecule has 0 bridgehead atoms. The third-order valence-electron chi connectivity index (χ3n) is 3.53. The number of carbonyl (C=O) groups is 1. The van der Waals surface area contributed by atoms with E-state index in [1.807, 2.05) is 31.2 Å². The second-order valence-electron chi connectivity index (χ2n) is 5.06. The van der Waals surface area contributed by atoms with Gasteiger partial charge >= 0.3 is 0 Å². The maximum Gasteiger partial charge on any atom is 0.224 e. The number of hydrogen-bond donors (Lipinski definition) is 1. The fourth-order valence-electron chi connectivity index (χ4n) is 2.38. The predicted molar refractivity (Wildman–Crippen MR) is 79.4 cm³/mol. The lowest BCUT2D eigenvalue weighted by Crippen LogP contribution is -2.18. The monoisotopic (exact) mass is 278 g/mol. The number of fused-ring (bicyclic) bond motifs is 1. The van der Waals surface area contributed by atoms with E-state index in [2.05, 4.69) is 11.4 Å². The maximum atomic E-state index is 11.3. The van der Waals surface area contributed by atoms with Crippen molar-refractivity contribution >= 4 is 11.6 Å². The molecule has 2 aromatic carbocycles. The number of rotatable bonds is 2. The van der Waals surface area contributed by atoms with E-state index in [1.54, 1.807) is 12.1 Å². The first-order valence-electron chi connectivity index (χ1n) is 6.77. The van der Waals surface area contributed by atoms with Gasteiger partial charge in [-0.15, -0.1) is 0 Å². The van der Waals surface area contributed by atoms with Gasteiger partial charge in [0.1, 0.15) is 11.5 Å². The third-order valence-corrected chi connectivity index (χ3v) is 3.53. The zero-order valence-corrected chi connectivity index (χ0v) is 11.6. The summed E-state index contributed by atoms with van der Waals surface area (Å²) < 4.78 is 5.83. The van der Waals surface area contributed by atoms with Crippen LogP contribution in [-0.4, -0.2) is 5.91 Å². The summed E-state index contributed by atoms with van der Waals surface area (Å²) in [5.41, 5.74) is 3.47. The van der Waals surface area contributed by atoms with Crippen LogP contribution in [0.2, 0.25) is 0 Å². The maximum absolute atomic E-state index is 11.3. The summed E-state index contributed by atoms with van der Waals surface area (Å²) in [4.78, 5) is 11.3. The smallest absolute Gasteiger partial charge is 0.224 e. The van der Waals surface area contributed by atoms with Gasteiger partial charge in [-0.3, -0.25) is 4.79 Å². The molecule has 21 heavy (non-hydrogen) atoms. The molecule has 4 heteroatoms. The molecule has 3 rings (SSSR count). The van der Waals surface area contributed by atoms with Crippen molar-refractivity contribution in [2.75, 3.05) is 5.32 Å². The number of aryl methyl sites for hydroxylation is 2. The van der Waals surface area contributed by atoms with Crippen molar-refractivity contribution in [2.45, 2.75) is 19.8 Å². The standard InChI is InChI=1S/C17H14N2O2/c1-11-8-14(4-2-13(11)10-18)21-15-5-6-16-12(9-15)3-7-17(20)19-16/h2,4-6,8-9H,3,7H2,1H3,(H,19,20). The Morgan fingerprint density at radius 3 is 2.67 bits per heavy atom. The zero-order valence-electron chi connectivity index (χ0n) is 11.6. The molecule has 0 aromatic heterocycles. The van der Waals surface area contributed by atoms with E-state index in [4.69, 9.17) is 10.00 Å². The van der Waals surface area contributed by atoms with Gasteiger partial charge in [-0.1, -0.05) is 0 Å². The number of nitriles is 1. The quantitative estimate of drug-likeness (QED) is 0.913. The molecule has 0 radical (unpaired) electrons. The van der Waals surface area contributed by atoms with Crippen LogP contribution in [0.25, 0.3) is 0 Å². The minimum atomic E-state index is 0.0545. The van der Waals surface area contributed by atoms with Gasteiger partial charge in [-0.05, 0) is 60.9 Å². The summed E-state index contributed by atoms with van der Waals surface area (Å²) >= 11 is 0. The summed E-state index contributed by atoms with van der Waals surface area (Å²) in [7, 11) is 0. The molecule has 0 fully saturated rings. The van der Waals surface area contributed by atoms with Gasteiger partial charge in [-0.2, -0.15) is 5.26 Å². The number of benzene rings is 2. The summed E-state index contributed by atoms with van der Waals surface area (Å²) in [5.74, 6) is 1.49. The fraction of sp³-hybridized carbons (Fsp3) is 0.176. The van der Waals surface area contributed by atoms with Gasteiger partial charge in [0.05, 0.1) is 11.6 Å². The normalized spacial score (nSPS) is 13.0. The second-order valence-corrected chi connectivity index (χ2v) is 5.06. The highest BCUT2D eigenvalue weighted by molar-refractivity contribution is 5.94. The molecule has 1 aliphatic heterocycles. The summed E-state index contributed by atoms with van der Waals surface area (Å²) in [6, 6.07) is 13.2. The molecular formula is C17H14N2O2. The van der Waals surface area contributed by atoms with Crippen molar-refractivity contribution in [1.29, 1.82) is 5.26 Å². The molecule has 2 aromatic rings. The van der Waals surface area contributed by atoms with Crippen molar-refractivity contribution in [3.05, 3.63) is 53.1 Å². The van der Waals surface area contributed by atoms with Crippen LogP contribution in [0.5, 0.6) is 11.5 Å². The van der Waals surface area contributed by atoms with Crippen LogP contribution in [0.1, 0.15) is 23.1 Å². The molecule has 1 aliphatic rings. The van der Waals surface area contributed by atoms with Crippen LogP contribution < -0.4 is 10.1 Å². The minimum absolute atomic E-state index is 0.0545. The van der Waals surface area contributed by atoms with Crippen LogP contribution in [0.3, 0.4) is 0 Å². The summed E-state index contributed by atoms with van der Waals surface area (Å²) in [6.45, 7) is 1.88. The van der Waals surface area contributed by atoms with Gasteiger partial charge in [-0.25, -0.2) is 0 Å². The van der Waals surface area contributed by atoms with E-state index in [0.29, 0.717) is 17.7 Å². The first-order valence-corrected chi connectivity index (χ1v) is 6.77. The van der Waals surface area contributed by atoms with E-state index in [9.17, 15) is 4.79 Å². The van der Waals surface area contributed by atoms with Gasteiger partial charge in [0.15, 0.2) is 0 Å². The Labute approximate surface area is 123 Å². The number of nitrogens with zero attached hydrogens (tertiary/aromatic N) is 1. The van der Waals surface area contributed by atoms with Gasteiger partial charge < -0.3 is 10.1 Å². The van der Waals surface area contributed by atoms with E-state index < -0.39 is 0 Å². The van der Waals surface area contributed by atoms with Crippen molar-refractivity contribution in [1.82, 2.24) is 0 Å². The van der Waals surface area contributed by atoms with E-state index in [1.165, 1.54) is 0 Å². The Bertz CT molecular complexity index is 760. The van der Waals surface area contributed by atoms with Gasteiger partial charge in [0.25, 0.3) is 0 Å². The highest BCUT2D eigenvalue weighted by Gasteiger charge is 2.15. The highest BCUT2D eigenvalue weighted by Crippen LogP contribution is 2.30. The molecular weight excluding hydrogens is 264 g/mol. The number of amides is 1. The van der Waals surface area contributed by atoms with Gasteiger partial charge in [0.2, 0.25) is 5.91 Å². The Morgan fingerprint density at radius 2 is 1.90 bits per heavy atom. The van der Waals surface area contributed by atoms with Crippen LogP contribution in [-0.2, 0) is 11.2 Å². The number of anilines is 1.